The predicted molar refractivity (Wildman–Crippen MR) is 98.2 cm³/mol. The molecule has 0 aromatic heterocycles. The van der Waals surface area contributed by atoms with E-state index in [4.69, 9.17) is 21.1 Å². The quantitative estimate of drug-likeness (QED) is 0.769. The van der Waals surface area contributed by atoms with Gasteiger partial charge in [0.25, 0.3) is 5.91 Å². The van der Waals surface area contributed by atoms with Crippen LogP contribution in [-0.2, 0) is 4.79 Å². The van der Waals surface area contributed by atoms with E-state index in [9.17, 15) is 14.7 Å². The third kappa shape index (κ3) is 4.46. The number of carbonyl (C=O) groups excluding carboxylic acids is 1. The molecule has 0 aliphatic carbocycles. The van der Waals surface area contributed by atoms with Gasteiger partial charge in [-0.3, -0.25) is 9.59 Å². The Kier molecular flexibility index (Phi) is 6.46. The summed E-state index contributed by atoms with van der Waals surface area (Å²) in [6, 6.07) is 9.22. The molecule has 1 unspecified atom stereocenters. The van der Waals surface area contributed by atoms with E-state index in [0.29, 0.717) is 33.2 Å². The van der Waals surface area contributed by atoms with Crippen LogP contribution in [0.15, 0.2) is 36.4 Å². The second kappa shape index (κ2) is 8.58. The first-order valence-corrected chi connectivity index (χ1v) is 8.24. The van der Waals surface area contributed by atoms with Gasteiger partial charge in [0.15, 0.2) is 0 Å². The fraction of sp³-hybridized carbons (Fsp3) is 0.263. The molecule has 0 spiro atoms. The van der Waals surface area contributed by atoms with Gasteiger partial charge in [-0.05, 0) is 36.8 Å². The van der Waals surface area contributed by atoms with Crippen LogP contribution in [0.25, 0.3) is 0 Å². The van der Waals surface area contributed by atoms with Crippen molar-refractivity contribution < 1.29 is 24.2 Å². The van der Waals surface area contributed by atoms with Crippen LogP contribution in [0.3, 0.4) is 0 Å². The number of rotatable bonds is 7. The van der Waals surface area contributed by atoms with Crippen LogP contribution in [0.5, 0.6) is 11.5 Å². The Balaban J connectivity index is 2.38. The Labute approximate surface area is 156 Å². The van der Waals surface area contributed by atoms with Crippen LogP contribution in [0, 0.1) is 6.92 Å². The molecule has 0 saturated carbocycles. The van der Waals surface area contributed by atoms with Gasteiger partial charge in [-0.2, -0.15) is 0 Å². The summed E-state index contributed by atoms with van der Waals surface area (Å²) < 4.78 is 10.5. The molecular formula is C19H20ClNO5. The highest BCUT2D eigenvalue weighted by molar-refractivity contribution is 6.31. The Morgan fingerprint density at radius 3 is 2.54 bits per heavy atom. The number of hydrogen-bond donors (Lipinski definition) is 2. The standard InChI is InChI=1S/C19H20ClNO5/c1-11-13(5-4-6-15(11)20)19(24)21-16(10-18(22)23)14-8-7-12(25-2)9-17(14)26-3/h4-9,16H,10H2,1-3H3,(H,21,24)(H,22,23). The summed E-state index contributed by atoms with van der Waals surface area (Å²) in [4.78, 5) is 24.0. The van der Waals surface area contributed by atoms with Crippen LogP contribution in [-0.4, -0.2) is 31.2 Å². The SMILES string of the molecule is COc1ccc(C(CC(=O)O)NC(=O)c2cccc(Cl)c2C)c(OC)c1. The number of amides is 1. The van der Waals surface area contributed by atoms with Gasteiger partial charge in [-0.15, -0.1) is 0 Å². The number of benzene rings is 2. The highest BCUT2D eigenvalue weighted by Gasteiger charge is 2.23. The molecule has 1 amide bonds. The molecular weight excluding hydrogens is 358 g/mol. The van der Waals surface area contributed by atoms with Crippen molar-refractivity contribution in [3.63, 3.8) is 0 Å². The highest BCUT2D eigenvalue weighted by atomic mass is 35.5. The van der Waals surface area contributed by atoms with Crippen molar-refractivity contribution in [3.8, 4) is 11.5 Å². The zero-order valence-corrected chi connectivity index (χ0v) is 15.5. The average molecular weight is 378 g/mol. The van der Waals surface area contributed by atoms with Gasteiger partial charge in [0.05, 0.1) is 26.7 Å². The number of hydrogen-bond acceptors (Lipinski definition) is 4. The van der Waals surface area contributed by atoms with Crippen molar-refractivity contribution in [3.05, 3.63) is 58.1 Å². The van der Waals surface area contributed by atoms with E-state index in [0.717, 1.165) is 0 Å². The Bertz CT molecular complexity index is 822. The maximum Gasteiger partial charge on any atom is 0.305 e. The first-order valence-electron chi connectivity index (χ1n) is 7.87. The number of halogens is 1. The van der Waals surface area contributed by atoms with Crippen LogP contribution in [0.4, 0.5) is 0 Å². The number of methoxy groups -OCH3 is 2. The molecule has 0 saturated heterocycles. The lowest BCUT2D eigenvalue weighted by Crippen LogP contribution is -2.31. The monoisotopic (exact) mass is 377 g/mol. The number of aliphatic carboxylic acids is 1. The minimum absolute atomic E-state index is 0.298. The van der Waals surface area contributed by atoms with Gasteiger partial charge in [-0.25, -0.2) is 0 Å². The summed E-state index contributed by atoms with van der Waals surface area (Å²) in [5.41, 5.74) is 1.56. The largest absolute Gasteiger partial charge is 0.497 e. The molecule has 2 rings (SSSR count). The Hall–Kier alpha value is -2.73. The van der Waals surface area contributed by atoms with Crippen molar-refractivity contribution in [2.45, 2.75) is 19.4 Å². The van der Waals surface area contributed by atoms with Crippen LogP contribution in [0.2, 0.25) is 5.02 Å². The molecule has 2 N–H and O–H groups in total. The minimum Gasteiger partial charge on any atom is -0.497 e. The molecule has 2 aromatic rings. The molecule has 7 heteroatoms. The van der Waals surface area contributed by atoms with Gasteiger partial charge >= 0.3 is 5.97 Å². The van der Waals surface area contributed by atoms with E-state index >= 15 is 0 Å². The number of carbonyl (C=O) groups is 2. The molecule has 0 bridgehead atoms. The second-order valence-corrected chi connectivity index (χ2v) is 6.05. The van der Waals surface area contributed by atoms with E-state index in [1.165, 1.54) is 14.2 Å². The predicted octanol–water partition coefficient (Wildman–Crippen LogP) is 3.61. The summed E-state index contributed by atoms with van der Waals surface area (Å²) in [6.45, 7) is 1.73. The Morgan fingerprint density at radius 1 is 1.19 bits per heavy atom. The minimum atomic E-state index is -1.05. The number of nitrogens with one attached hydrogen (secondary N) is 1. The van der Waals surface area contributed by atoms with E-state index in [2.05, 4.69) is 5.32 Å². The highest BCUT2D eigenvalue weighted by Crippen LogP contribution is 2.31. The van der Waals surface area contributed by atoms with E-state index in [-0.39, 0.29) is 6.42 Å². The van der Waals surface area contributed by atoms with E-state index in [1.807, 2.05) is 0 Å². The molecule has 1 atom stereocenters. The van der Waals surface area contributed by atoms with Crippen LogP contribution < -0.4 is 14.8 Å². The number of carboxylic acid groups (broad SMARTS) is 1. The topological polar surface area (TPSA) is 84.9 Å². The smallest absolute Gasteiger partial charge is 0.305 e. The van der Waals surface area contributed by atoms with Gasteiger partial charge in [0.1, 0.15) is 11.5 Å². The molecule has 138 valence electrons. The molecule has 0 aliphatic rings. The van der Waals surface area contributed by atoms with Crippen molar-refractivity contribution in [1.82, 2.24) is 5.32 Å². The fourth-order valence-electron chi connectivity index (χ4n) is 2.61. The molecule has 0 radical (unpaired) electrons. The zero-order valence-electron chi connectivity index (χ0n) is 14.7. The van der Waals surface area contributed by atoms with Crippen LogP contribution in [0.1, 0.15) is 33.9 Å². The summed E-state index contributed by atoms with van der Waals surface area (Å²) in [6.07, 6.45) is -0.298. The molecule has 26 heavy (non-hydrogen) atoms. The van der Waals surface area contributed by atoms with Gasteiger partial charge in [0.2, 0.25) is 0 Å². The number of ether oxygens (including phenoxy) is 2. The lowest BCUT2D eigenvalue weighted by atomic mass is 10.0. The first-order chi connectivity index (χ1) is 12.4. The first kappa shape index (κ1) is 19.6. The zero-order chi connectivity index (χ0) is 19.3. The summed E-state index contributed by atoms with van der Waals surface area (Å²) in [5, 5.41) is 12.5. The van der Waals surface area contributed by atoms with Gasteiger partial charge in [0, 0.05) is 22.2 Å². The van der Waals surface area contributed by atoms with Crippen molar-refractivity contribution in [2.24, 2.45) is 0 Å². The summed E-state index contributed by atoms with van der Waals surface area (Å²) in [7, 11) is 2.99. The maximum atomic E-state index is 12.7. The normalized spacial score (nSPS) is 11.5. The van der Waals surface area contributed by atoms with Gasteiger partial charge < -0.3 is 19.9 Å². The van der Waals surface area contributed by atoms with Crippen LogP contribution >= 0.6 is 11.6 Å². The fourth-order valence-corrected chi connectivity index (χ4v) is 2.78. The molecule has 2 aromatic carbocycles. The third-order valence-electron chi connectivity index (χ3n) is 4.01. The third-order valence-corrected chi connectivity index (χ3v) is 4.42. The maximum absolute atomic E-state index is 12.7. The van der Waals surface area contributed by atoms with Crippen molar-refractivity contribution in [1.29, 1.82) is 0 Å². The van der Waals surface area contributed by atoms with Crippen molar-refractivity contribution >= 4 is 23.5 Å². The Morgan fingerprint density at radius 2 is 1.92 bits per heavy atom. The average Bonchev–Trinajstić information content (AvgIpc) is 2.62. The summed E-state index contributed by atoms with van der Waals surface area (Å²) >= 11 is 6.07. The number of carboxylic acids is 1. The molecule has 0 heterocycles. The second-order valence-electron chi connectivity index (χ2n) is 5.64. The van der Waals surface area contributed by atoms with E-state index in [1.54, 1.807) is 43.3 Å². The molecule has 0 fully saturated rings. The lowest BCUT2D eigenvalue weighted by Gasteiger charge is -2.21. The lowest BCUT2D eigenvalue weighted by molar-refractivity contribution is -0.137. The van der Waals surface area contributed by atoms with Gasteiger partial charge in [-0.1, -0.05) is 17.7 Å². The summed E-state index contributed by atoms with van der Waals surface area (Å²) in [5.74, 6) is -0.458. The van der Waals surface area contributed by atoms with E-state index < -0.39 is 17.9 Å². The molecule has 6 nitrogen and oxygen atoms in total. The molecule has 0 aliphatic heterocycles. The van der Waals surface area contributed by atoms with Crippen molar-refractivity contribution in [2.75, 3.05) is 14.2 Å².